The van der Waals surface area contributed by atoms with E-state index in [1.54, 1.807) is 0 Å². The summed E-state index contributed by atoms with van der Waals surface area (Å²) in [5, 5.41) is 0. The van der Waals surface area contributed by atoms with Gasteiger partial charge in [0.2, 0.25) is 0 Å². The minimum absolute atomic E-state index is 0.0460. The molecular weight excluding hydrogens is 434 g/mol. The molecule has 0 amide bonds. The van der Waals surface area contributed by atoms with Gasteiger partial charge in [0.05, 0.1) is 18.2 Å². The number of nitrogens with zero attached hydrogens (tertiary/aromatic N) is 1. The van der Waals surface area contributed by atoms with Crippen LogP contribution in [-0.4, -0.2) is 17.6 Å². The van der Waals surface area contributed by atoms with Crippen LogP contribution in [0.25, 0.3) is 11.3 Å². The van der Waals surface area contributed by atoms with Crippen molar-refractivity contribution < 1.29 is 14.3 Å². The zero-order valence-electron chi connectivity index (χ0n) is 22.0. The zero-order valence-corrected chi connectivity index (χ0v) is 22.0. The predicted octanol–water partition coefficient (Wildman–Crippen LogP) is 8.53. The predicted molar refractivity (Wildman–Crippen MR) is 143 cm³/mol. The van der Waals surface area contributed by atoms with E-state index in [0.717, 1.165) is 61.4 Å². The molecule has 3 rings (SSSR count). The van der Waals surface area contributed by atoms with Crippen LogP contribution < -0.4 is 4.74 Å². The number of carbonyl (C=O) groups is 1. The van der Waals surface area contributed by atoms with Crippen LogP contribution in [0.15, 0.2) is 42.6 Å². The Kier molecular flexibility index (Phi) is 12.3. The van der Waals surface area contributed by atoms with Crippen LogP contribution in [-0.2, 0) is 16.1 Å². The highest BCUT2D eigenvalue weighted by molar-refractivity contribution is 5.75. The number of esters is 1. The topological polar surface area (TPSA) is 48.4 Å². The monoisotopic (exact) mass is 479 g/mol. The van der Waals surface area contributed by atoms with Crippen LogP contribution in [0.1, 0.15) is 103 Å². The van der Waals surface area contributed by atoms with Crippen LogP contribution in [0.2, 0.25) is 0 Å². The minimum Gasteiger partial charge on any atom is -0.426 e. The van der Waals surface area contributed by atoms with Crippen molar-refractivity contribution in [3.63, 3.8) is 0 Å². The number of aromatic nitrogens is 1. The van der Waals surface area contributed by atoms with E-state index < -0.39 is 0 Å². The maximum Gasteiger partial charge on any atom is 0.314 e. The quantitative estimate of drug-likeness (QED) is 0.146. The summed E-state index contributed by atoms with van der Waals surface area (Å²) in [7, 11) is 0. The van der Waals surface area contributed by atoms with Gasteiger partial charge in [-0.1, -0.05) is 71.3 Å². The number of benzene rings is 1. The smallest absolute Gasteiger partial charge is 0.314 e. The number of carbonyl (C=O) groups excluding carboxylic acids is 1. The summed E-state index contributed by atoms with van der Waals surface area (Å²) in [5.74, 6) is 1.39. The van der Waals surface area contributed by atoms with E-state index in [4.69, 9.17) is 9.47 Å². The number of pyridine rings is 1. The van der Waals surface area contributed by atoms with Gasteiger partial charge in [-0.05, 0) is 73.9 Å². The lowest BCUT2D eigenvalue weighted by Gasteiger charge is -2.27. The lowest BCUT2D eigenvalue weighted by Crippen LogP contribution is -2.25. The lowest BCUT2D eigenvalue weighted by molar-refractivity contribution is -0.140. The van der Waals surface area contributed by atoms with Crippen molar-refractivity contribution in [2.75, 3.05) is 6.61 Å². The normalized spacial score (nSPS) is 17.9. The summed E-state index contributed by atoms with van der Waals surface area (Å²) in [5.41, 5.74) is 3.01. The molecule has 0 atom stereocenters. The van der Waals surface area contributed by atoms with Gasteiger partial charge in [0, 0.05) is 18.4 Å². The number of unbranched alkanes of at least 4 members (excludes halogenated alkanes) is 6. The Morgan fingerprint density at radius 1 is 0.857 bits per heavy atom. The van der Waals surface area contributed by atoms with Gasteiger partial charge in [0.1, 0.15) is 5.75 Å². The van der Waals surface area contributed by atoms with E-state index in [1.807, 2.05) is 36.5 Å². The minimum atomic E-state index is -0.0700. The number of rotatable bonds is 15. The van der Waals surface area contributed by atoms with Crippen molar-refractivity contribution in [3.8, 4) is 17.0 Å². The van der Waals surface area contributed by atoms with Crippen molar-refractivity contribution in [1.82, 2.24) is 4.98 Å². The molecule has 0 radical (unpaired) electrons. The Hall–Kier alpha value is -2.20. The van der Waals surface area contributed by atoms with Crippen LogP contribution in [0, 0.1) is 11.8 Å². The standard InChI is InChI=1S/C31H45NO3/c1-3-5-7-9-11-25-12-15-28(16-13-25)31(33)35-29-19-17-27(18-20-29)30-21-14-26(23-32-30)24-34-22-10-8-6-4-2/h14,17-21,23,25,28H,3-13,15-16,22,24H2,1-2H3/t25-,28-. The van der Waals surface area contributed by atoms with E-state index in [0.29, 0.717) is 12.4 Å². The summed E-state index contributed by atoms with van der Waals surface area (Å²) in [6.45, 7) is 5.89. The molecule has 0 spiro atoms. The molecular formula is C31H45NO3. The number of hydrogen-bond acceptors (Lipinski definition) is 4. The molecule has 1 aromatic heterocycles. The summed E-state index contributed by atoms with van der Waals surface area (Å²) in [6.07, 6.45) is 17.7. The van der Waals surface area contributed by atoms with Crippen LogP contribution >= 0.6 is 0 Å². The molecule has 0 aliphatic heterocycles. The van der Waals surface area contributed by atoms with Crippen molar-refractivity contribution >= 4 is 5.97 Å². The van der Waals surface area contributed by atoms with Gasteiger partial charge in [0.25, 0.3) is 0 Å². The summed E-state index contributed by atoms with van der Waals surface area (Å²) in [4.78, 5) is 17.3. The second-order valence-corrected chi connectivity index (χ2v) is 10.2. The number of ether oxygens (including phenoxy) is 2. The van der Waals surface area contributed by atoms with Crippen molar-refractivity contribution in [2.45, 2.75) is 104 Å². The highest BCUT2D eigenvalue weighted by Gasteiger charge is 2.27. The Morgan fingerprint density at radius 2 is 1.57 bits per heavy atom. The summed E-state index contributed by atoms with van der Waals surface area (Å²) in [6, 6.07) is 11.8. The maximum absolute atomic E-state index is 12.7. The second-order valence-electron chi connectivity index (χ2n) is 10.2. The highest BCUT2D eigenvalue weighted by Crippen LogP contribution is 2.33. The third-order valence-corrected chi connectivity index (χ3v) is 7.25. The SMILES string of the molecule is CCCCCCOCc1ccc(-c2ccc(OC(=O)[C@H]3CC[C@H](CCCCCC)CC3)cc2)nc1. The first-order valence-electron chi connectivity index (χ1n) is 14.0. The molecule has 1 aliphatic carbocycles. The molecule has 35 heavy (non-hydrogen) atoms. The Balaban J connectivity index is 1.39. The van der Waals surface area contributed by atoms with Gasteiger partial charge in [-0.3, -0.25) is 9.78 Å². The third-order valence-electron chi connectivity index (χ3n) is 7.25. The zero-order chi connectivity index (χ0) is 24.7. The van der Waals surface area contributed by atoms with Crippen LogP contribution in [0.3, 0.4) is 0 Å². The molecule has 0 bridgehead atoms. The fourth-order valence-electron chi connectivity index (χ4n) is 4.94. The van der Waals surface area contributed by atoms with Crippen molar-refractivity contribution in [3.05, 3.63) is 48.2 Å². The largest absolute Gasteiger partial charge is 0.426 e. The second kappa shape index (κ2) is 15.7. The molecule has 4 heteroatoms. The molecule has 192 valence electrons. The van der Waals surface area contributed by atoms with Crippen molar-refractivity contribution in [2.24, 2.45) is 11.8 Å². The number of hydrogen-bond donors (Lipinski definition) is 0. The fraction of sp³-hybridized carbons (Fsp3) is 0.613. The van der Waals surface area contributed by atoms with E-state index in [-0.39, 0.29) is 11.9 Å². The first-order valence-corrected chi connectivity index (χ1v) is 14.0. The van der Waals surface area contributed by atoms with E-state index in [2.05, 4.69) is 24.9 Å². The molecule has 1 saturated carbocycles. The first-order chi connectivity index (χ1) is 17.2. The summed E-state index contributed by atoms with van der Waals surface area (Å²) < 4.78 is 11.5. The molecule has 1 aliphatic rings. The van der Waals surface area contributed by atoms with Crippen LogP contribution in [0.5, 0.6) is 5.75 Å². The molecule has 1 heterocycles. The van der Waals surface area contributed by atoms with Gasteiger partial charge in [-0.15, -0.1) is 0 Å². The van der Waals surface area contributed by atoms with E-state index in [1.165, 1.54) is 51.4 Å². The molecule has 0 unspecified atom stereocenters. The van der Waals surface area contributed by atoms with Gasteiger partial charge < -0.3 is 9.47 Å². The molecule has 1 aromatic carbocycles. The summed E-state index contributed by atoms with van der Waals surface area (Å²) >= 11 is 0. The molecule has 4 nitrogen and oxygen atoms in total. The Morgan fingerprint density at radius 3 is 2.23 bits per heavy atom. The average molecular weight is 480 g/mol. The maximum atomic E-state index is 12.7. The van der Waals surface area contributed by atoms with Crippen molar-refractivity contribution in [1.29, 1.82) is 0 Å². The van der Waals surface area contributed by atoms with Crippen LogP contribution in [0.4, 0.5) is 0 Å². The Labute approximate surface area is 212 Å². The first kappa shape index (κ1) is 27.4. The molecule has 0 saturated heterocycles. The van der Waals surface area contributed by atoms with E-state index in [9.17, 15) is 4.79 Å². The Bertz CT molecular complexity index is 839. The average Bonchev–Trinajstić information content (AvgIpc) is 2.90. The van der Waals surface area contributed by atoms with Gasteiger partial charge in [0.15, 0.2) is 0 Å². The fourth-order valence-corrected chi connectivity index (χ4v) is 4.94. The van der Waals surface area contributed by atoms with Gasteiger partial charge in [-0.2, -0.15) is 0 Å². The highest BCUT2D eigenvalue weighted by atomic mass is 16.5. The van der Waals surface area contributed by atoms with Gasteiger partial charge >= 0.3 is 5.97 Å². The lowest BCUT2D eigenvalue weighted by atomic mass is 9.80. The molecule has 2 aromatic rings. The van der Waals surface area contributed by atoms with E-state index >= 15 is 0 Å². The molecule has 1 fully saturated rings. The molecule has 0 N–H and O–H groups in total. The third kappa shape index (κ3) is 9.76. The van der Waals surface area contributed by atoms with Gasteiger partial charge in [-0.25, -0.2) is 0 Å².